The summed E-state index contributed by atoms with van der Waals surface area (Å²) in [6, 6.07) is 25.3. The molecule has 3 aromatic carbocycles. The van der Waals surface area contributed by atoms with E-state index < -0.39 is 0 Å². The number of hydrogen-bond donors (Lipinski definition) is 1. The molecule has 30 heavy (non-hydrogen) atoms. The second kappa shape index (κ2) is 8.14. The predicted molar refractivity (Wildman–Crippen MR) is 124 cm³/mol. The number of halogens is 1. The van der Waals surface area contributed by atoms with E-state index in [0.717, 1.165) is 44.3 Å². The maximum absolute atomic E-state index is 6.09. The topological polar surface area (TPSA) is 47.0 Å². The molecule has 0 saturated carbocycles. The lowest BCUT2D eigenvalue weighted by atomic mass is 10.1. The molecule has 5 aromatic rings. The fourth-order valence-corrected chi connectivity index (χ4v) is 4.26. The van der Waals surface area contributed by atoms with Crippen LogP contribution in [0, 0.1) is 0 Å². The van der Waals surface area contributed by atoms with Crippen LogP contribution in [0.15, 0.2) is 90.6 Å². The molecule has 1 N–H and O–H groups in total. The molecule has 2 aromatic heterocycles. The Balaban J connectivity index is 1.55. The molecule has 0 fully saturated rings. The van der Waals surface area contributed by atoms with Crippen molar-refractivity contribution in [3.63, 3.8) is 0 Å². The highest BCUT2D eigenvalue weighted by Crippen LogP contribution is 2.39. The van der Waals surface area contributed by atoms with Crippen LogP contribution >= 0.6 is 22.9 Å². The van der Waals surface area contributed by atoms with Crippen LogP contribution in [0.1, 0.15) is 0 Å². The minimum absolute atomic E-state index is 0.708. The maximum Gasteiger partial charge on any atom is 0.150 e. The molecule has 146 valence electrons. The number of benzene rings is 3. The average Bonchev–Trinajstić information content (AvgIpc) is 3.22. The number of fused-ring (bicyclic) bond motifs is 1. The molecule has 0 radical (unpaired) electrons. The van der Waals surface area contributed by atoms with Gasteiger partial charge in [0.05, 0.1) is 11.1 Å². The summed E-state index contributed by atoms with van der Waals surface area (Å²) in [6.07, 6.45) is 1.58. The molecule has 6 heteroatoms. The minimum atomic E-state index is 0.708. The number of nitrogens with one attached hydrogen (secondary N) is 1. The van der Waals surface area contributed by atoms with Crippen molar-refractivity contribution in [3.8, 4) is 22.6 Å². The summed E-state index contributed by atoms with van der Waals surface area (Å²) in [6.45, 7) is 0. The molecular weight excluding hydrogens is 414 g/mol. The third-order valence-corrected chi connectivity index (χ3v) is 5.77. The molecule has 0 saturated heterocycles. The molecule has 5 rings (SSSR count). The zero-order valence-corrected chi connectivity index (χ0v) is 17.3. The van der Waals surface area contributed by atoms with Crippen LogP contribution in [0.2, 0.25) is 5.02 Å². The van der Waals surface area contributed by atoms with Gasteiger partial charge in [0, 0.05) is 16.0 Å². The molecule has 0 amide bonds. The van der Waals surface area contributed by atoms with E-state index >= 15 is 0 Å². The number of anilines is 2. The van der Waals surface area contributed by atoms with Crippen molar-refractivity contribution in [3.05, 3.63) is 95.6 Å². The van der Waals surface area contributed by atoms with Gasteiger partial charge in [-0.25, -0.2) is 9.97 Å². The van der Waals surface area contributed by atoms with Gasteiger partial charge in [-0.1, -0.05) is 54.1 Å². The van der Waals surface area contributed by atoms with E-state index in [-0.39, 0.29) is 0 Å². The Hall–Kier alpha value is -3.41. The van der Waals surface area contributed by atoms with Crippen LogP contribution in [0.4, 0.5) is 11.5 Å². The Morgan fingerprint density at radius 2 is 1.60 bits per heavy atom. The highest BCUT2D eigenvalue weighted by Gasteiger charge is 2.15. The Bertz CT molecular complexity index is 1300. The smallest absolute Gasteiger partial charge is 0.150 e. The lowest BCUT2D eigenvalue weighted by molar-refractivity contribution is 0.485. The van der Waals surface area contributed by atoms with Gasteiger partial charge in [0.15, 0.2) is 5.75 Å². The predicted octanol–water partition coefficient (Wildman–Crippen LogP) is 7.55. The fourth-order valence-electron chi connectivity index (χ4n) is 3.21. The van der Waals surface area contributed by atoms with Crippen molar-refractivity contribution >= 4 is 44.7 Å². The normalized spacial score (nSPS) is 10.8. The van der Waals surface area contributed by atoms with E-state index in [1.807, 2.05) is 78.9 Å². The first-order valence-corrected chi connectivity index (χ1v) is 10.6. The Kier molecular flexibility index (Phi) is 5.05. The summed E-state index contributed by atoms with van der Waals surface area (Å²) < 4.78 is 6.09. The quantitative estimate of drug-likeness (QED) is 0.313. The summed E-state index contributed by atoms with van der Waals surface area (Å²) in [5, 5.41) is 7.23. The number of ether oxygens (including phenoxy) is 1. The summed E-state index contributed by atoms with van der Waals surface area (Å²) in [5.74, 6) is 2.23. The number of thiophene rings is 1. The molecule has 0 atom stereocenters. The van der Waals surface area contributed by atoms with Crippen molar-refractivity contribution in [2.45, 2.75) is 0 Å². The van der Waals surface area contributed by atoms with Crippen molar-refractivity contribution in [2.24, 2.45) is 0 Å². The molecule has 0 unspecified atom stereocenters. The number of rotatable bonds is 5. The average molecular weight is 430 g/mol. The fraction of sp³-hybridized carbons (Fsp3) is 0. The van der Waals surface area contributed by atoms with E-state index in [0.29, 0.717) is 5.02 Å². The first-order chi connectivity index (χ1) is 14.8. The zero-order valence-electron chi connectivity index (χ0n) is 15.7. The van der Waals surface area contributed by atoms with Crippen LogP contribution < -0.4 is 10.1 Å². The monoisotopic (exact) mass is 429 g/mol. The van der Waals surface area contributed by atoms with Crippen molar-refractivity contribution in [2.75, 3.05) is 5.32 Å². The second-order valence-electron chi connectivity index (χ2n) is 6.59. The van der Waals surface area contributed by atoms with Gasteiger partial charge in [-0.05, 0) is 42.0 Å². The SMILES string of the molecule is Clc1ccc(-c2csc3ncnc(Nc4ccccc4Oc4ccccc4)c23)cc1. The Morgan fingerprint density at radius 3 is 2.43 bits per heavy atom. The van der Waals surface area contributed by atoms with Crippen LogP contribution in [0.3, 0.4) is 0 Å². The van der Waals surface area contributed by atoms with Gasteiger partial charge in [0.25, 0.3) is 0 Å². The number of hydrogen-bond acceptors (Lipinski definition) is 5. The third kappa shape index (κ3) is 3.73. The van der Waals surface area contributed by atoms with E-state index in [1.165, 1.54) is 0 Å². The number of aromatic nitrogens is 2. The molecule has 4 nitrogen and oxygen atoms in total. The van der Waals surface area contributed by atoms with Gasteiger partial charge in [0.1, 0.15) is 22.7 Å². The zero-order chi connectivity index (χ0) is 20.3. The van der Waals surface area contributed by atoms with E-state index in [9.17, 15) is 0 Å². The lowest BCUT2D eigenvalue weighted by Gasteiger charge is -2.13. The van der Waals surface area contributed by atoms with Crippen LogP contribution in [0.5, 0.6) is 11.5 Å². The van der Waals surface area contributed by atoms with E-state index in [4.69, 9.17) is 16.3 Å². The number of nitrogens with zero attached hydrogens (tertiary/aromatic N) is 2. The van der Waals surface area contributed by atoms with Gasteiger partial charge in [-0.3, -0.25) is 0 Å². The standard InChI is InChI=1S/C24H16ClN3OS/c25-17-12-10-16(11-13-17)19-14-30-24-22(19)23(26-15-27-24)28-20-8-4-5-9-21(20)29-18-6-2-1-3-7-18/h1-15H,(H,26,27,28). The van der Waals surface area contributed by atoms with Crippen LogP contribution in [0.25, 0.3) is 21.3 Å². The Morgan fingerprint density at radius 1 is 0.833 bits per heavy atom. The van der Waals surface area contributed by atoms with Gasteiger partial charge >= 0.3 is 0 Å². The number of para-hydroxylation sites is 3. The van der Waals surface area contributed by atoms with Gasteiger partial charge in [-0.2, -0.15) is 0 Å². The molecule has 2 heterocycles. The minimum Gasteiger partial charge on any atom is -0.455 e. The van der Waals surface area contributed by atoms with Crippen LogP contribution in [-0.4, -0.2) is 9.97 Å². The summed E-state index contributed by atoms with van der Waals surface area (Å²) >= 11 is 7.65. The Labute approximate surface area is 182 Å². The molecule has 0 bridgehead atoms. The molecule has 0 aliphatic rings. The maximum atomic E-state index is 6.09. The van der Waals surface area contributed by atoms with Crippen molar-refractivity contribution in [1.82, 2.24) is 9.97 Å². The summed E-state index contributed by atoms with van der Waals surface area (Å²) in [5.41, 5.74) is 2.96. The second-order valence-corrected chi connectivity index (χ2v) is 7.89. The largest absolute Gasteiger partial charge is 0.455 e. The summed E-state index contributed by atoms with van der Waals surface area (Å²) in [4.78, 5) is 9.89. The molecule has 0 spiro atoms. The van der Waals surface area contributed by atoms with E-state index in [2.05, 4.69) is 20.7 Å². The van der Waals surface area contributed by atoms with Gasteiger partial charge < -0.3 is 10.1 Å². The lowest BCUT2D eigenvalue weighted by Crippen LogP contribution is -1.98. The van der Waals surface area contributed by atoms with Gasteiger partial charge in [-0.15, -0.1) is 11.3 Å². The highest BCUT2D eigenvalue weighted by molar-refractivity contribution is 7.17. The highest BCUT2D eigenvalue weighted by atomic mass is 35.5. The summed E-state index contributed by atoms with van der Waals surface area (Å²) in [7, 11) is 0. The first kappa shape index (κ1) is 18.6. The van der Waals surface area contributed by atoms with E-state index in [1.54, 1.807) is 17.7 Å². The molecule has 0 aliphatic heterocycles. The van der Waals surface area contributed by atoms with Gasteiger partial charge in [0.2, 0.25) is 0 Å². The first-order valence-electron chi connectivity index (χ1n) is 9.35. The van der Waals surface area contributed by atoms with Crippen LogP contribution in [-0.2, 0) is 0 Å². The molecular formula is C24H16ClN3OS. The van der Waals surface area contributed by atoms with Crippen molar-refractivity contribution in [1.29, 1.82) is 0 Å². The molecule has 0 aliphatic carbocycles. The third-order valence-electron chi connectivity index (χ3n) is 4.64. The van der Waals surface area contributed by atoms with Crippen molar-refractivity contribution < 1.29 is 4.74 Å².